The molecule has 2 aromatic carbocycles. The fourth-order valence-electron chi connectivity index (χ4n) is 3.91. The topological polar surface area (TPSA) is 104 Å². The molecule has 1 amide bonds. The molecular weight excluding hydrogens is 432 g/mol. The number of carboxylic acid groups (broad SMARTS) is 1. The molecule has 8 nitrogen and oxygen atoms in total. The molecule has 8 heteroatoms. The zero-order valence-electron chi connectivity index (χ0n) is 18.8. The van der Waals surface area contributed by atoms with Gasteiger partial charge in [-0.2, -0.15) is 0 Å². The van der Waals surface area contributed by atoms with Gasteiger partial charge in [-0.3, -0.25) is 9.59 Å². The van der Waals surface area contributed by atoms with E-state index < -0.39 is 12.1 Å². The van der Waals surface area contributed by atoms with E-state index in [9.17, 15) is 14.7 Å². The number of nitrogens with one attached hydrogen (secondary N) is 2. The number of carbonyl (C=O) groups is 2. The zero-order valence-corrected chi connectivity index (χ0v) is 18.8. The molecule has 0 saturated carbocycles. The number of ether oxygens (including phenoxy) is 1. The highest BCUT2D eigenvalue weighted by molar-refractivity contribution is 5.91. The number of hydrogen-bond acceptors (Lipinski definition) is 6. The Morgan fingerprint density at radius 3 is 2.68 bits per heavy atom. The molecule has 34 heavy (non-hydrogen) atoms. The molecule has 0 aliphatic carbocycles. The number of benzene rings is 2. The Hall–Kier alpha value is -4.07. The Labute approximate surface area is 198 Å². The van der Waals surface area contributed by atoms with Crippen LogP contribution in [-0.4, -0.2) is 41.2 Å². The lowest BCUT2D eigenvalue weighted by Crippen LogP contribution is -2.40. The largest absolute Gasteiger partial charge is 0.486 e. The minimum absolute atomic E-state index is 0.0714. The summed E-state index contributed by atoms with van der Waals surface area (Å²) >= 11 is 0. The van der Waals surface area contributed by atoms with Crippen molar-refractivity contribution in [2.45, 2.75) is 31.9 Å². The Morgan fingerprint density at radius 2 is 1.91 bits per heavy atom. The van der Waals surface area contributed by atoms with E-state index >= 15 is 0 Å². The number of anilines is 3. The van der Waals surface area contributed by atoms with Gasteiger partial charge in [-0.05, 0) is 42.3 Å². The molecule has 1 aliphatic rings. The summed E-state index contributed by atoms with van der Waals surface area (Å²) in [5.41, 5.74) is 2.62. The van der Waals surface area contributed by atoms with Crippen LogP contribution in [0.15, 0.2) is 72.9 Å². The number of carbonyl (C=O) groups excluding carboxylic acids is 1. The standard InChI is InChI=1S/C26H28N4O4/c31-25(10-6-14-28-24-9-4-5-13-27-24)29-20-11-12-23-22(15-20)30(17-19-7-2-1-3-8-19)18-21(34-23)16-26(32)33/h1-5,7-9,11-13,15,21H,6,10,14,16-18H2,(H,27,28)(H,29,31)(H,32,33)/t21-/m0/s1. The minimum Gasteiger partial charge on any atom is -0.486 e. The first-order valence-corrected chi connectivity index (χ1v) is 11.3. The van der Waals surface area contributed by atoms with Crippen molar-refractivity contribution < 1.29 is 19.4 Å². The summed E-state index contributed by atoms with van der Waals surface area (Å²) in [6.07, 6.45) is 2.26. The molecule has 0 saturated heterocycles. The molecule has 0 spiro atoms. The van der Waals surface area contributed by atoms with Crippen LogP contribution in [0.1, 0.15) is 24.8 Å². The molecule has 1 atom stereocenters. The van der Waals surface area contributed by atoms with Gasteiger partial charge in [-0.25, -0.2) is 4.98 Å². The highest BCUT2D eigenvalue weighted by atomic mass is 16.5. The summed E-state index contributed by atoms with van der Waals surface area (Å²) in [5, 5.41) is 15.4. The summed E-state index contributed by atoms with van der Waals surface area (Å²) in [4.78, 5) is 30.0. The number of hydrogen-bond donors (Lipinski definition) is 3. The maximum Gasteiger partial charge on any atom is 0.307 e. The number of nitrogens with zero attached hydrogens (tertiary/aromatic N) is 2. The summed E-state index contributed by atoms with van der Waals surface area (Å²) < 4.78 is 5.94. The SMILES string of the molecule is O=C(O)C[C@H]1CN(Cc2ccccc2)c2cc(NC(=O)CCCNc3ccccn3)ccc2O1. The van der Waals surface area contributed by atoms with Crippen molar-refractivity contribution in [1.82, 2.24) is 4.98 Å². The lowest BCUT2D eigenvalue weighted by Gasteiger charge is -2.36. The van der Waals surface area contributed by atoms with Crippen LogP contribution in [0.5, 0.6) is 5.75 Å². The number of pyridine rings is 1. The van der Waals surface area contributed by atoms with Gasteiger partial charge in [-0.1, -0.05) is 36.4 Å². The van der Waals surface area contributed by atoms with Gasteiger partial charge in [0.15, 0.2) is 0 Å². The average Bonchev–Trinajstić information content (AvgIpc) is 2.83. The van der Waals surface area contributed by atoms with Gasteiger partial charge in [0.25, 0.3) is 0 Å². The molecule has 0 unspecified atom stereocenters. The van der Waals surface area contributed by atoms with Crippen molar-refractivity contribution in [3.63, 3.8) is 0 Å². The number of aromatic nitrogens is 1. The van der Waals surface area contributed by atoms with Crippen molar-refractivity contribution in [3.05, 3.63) is 78.5 Å². The van der Waals surface area contributed by atoms with Crippen LogP contribution in [-0.2, 0) is 16.1 Å². The van der Waals surface area contributed by atoms with Crippen LogP contribution in [0.2, 0.25) is 0 Å². The Kier molecular flexibility index (Phi) is 7.60. The number of amides is 1. The molecule has 3 N–H and O–H groups in total. The van der Waals surface area contributed by atoms with Crippen LogP contribution in [0.3, 0.4) is 0 Å². The monoisotopic (exact) mass is 460 g/mol. The van der Waals surface area contributed by atoms with E-state index in [1.54, 1.807) is 18.3 Å². The van der Waals surface area contributed by atoms with Gasteiger partial charge in [0.2, 0.25) is 5.91 Å². The lowest BCUT2D eigenvalue weighted by molar-refractivity contribution is -0.138. The van der Waals surface area contributed by atoms with E-state index in [1.165, 1.54) is 0 Å². The zero-order chi connectivity index (χ0) is 23.8. The van der Waals surface area contributed by atoms with E-state index in [-0.39, 0.29) is 12.3 Å². The Bertz CT molecular complexity index is 1110. The van der Waals surface area contributed by atoms with E-state index in [0.29, 0.717) is 43.9 Å². The smallest absolute Gasteiger partial charge is 0.307 e. The molecule has 0 bridgehead atoms. The van der Waals surface area contributed by atoms with Crippen LogP contribution < -0.4 is 20.3 Å². The van der Waals surface area contributed by atoms with Crippen LogP contribution in [0.25, 0.3) is 0 Å². The van der Waals surface area contributed by atoms with Crippen molar-refractivity contribution in [2.75, 3.05) is 28.6 Å². The van der Waals surface area contributed by atoms with E-state index in [1.807, 2.05) is 54.6 Å². The minimum atomic E-state index is -0.894. The van der Waals surface area contributed by atoms with Gasteiger partial charge in [0, 0.05) is 31.4 Å². The molecular formula is C26H28N4O4. The van der Waals surface area contributed by atoms with Crippen molar-refractivity contribution in [1.29, 1.82) is 0 Å². The molecule has 1 aliphatic heterocycles. The van der Waals surface area contributed by atoms with Gasteiger partial charge in [0.1, 0.15) is 17.7 Å². The lowest BCUT2D eigenvalue weighted by atomic mass is 10.1. The highest BCUT2D eigenvalue weighted by Gasteiger charge is 2.28. The Morgan fingerprint density at radius 1 is 1.09 bits per heavy atom. The summed E-state index contributed by atoms with van der Waals surface area (Å²) in [6.45, 7) is 1.72. The maximum atomic E-state index is 12.5. The fraction of sp³-hybridized carbons (Fsp3) is 0.269. The Balaban J connectivity index is 1.39. The number of carboxylic acids is 1. The maximum absolute atomic E-state index is 12.5. The normalized spacial score (nSPS) is 14.6. The first-order valence-electron chi connectivity index (χ1n) is 11.3. The number of fused-ring (bicyclic) bond motifs is 1. The second-order valence-electron chi connectivity index (χ2n) is 8.18. The summed E-state index contributed by atoms with van der Waals surface area (Å²) in [7, 11) is 0. The predicted molar refractivity (Wildman–Crippen MR) is 131 cm³/mol. The quantitative estimate of drug-likeness (QED) is 0.390. The third-order valence-corrected chi connectivity index (χ3v) is 5.47. The second kappa shape index (κ2) is 11.2. The molecule has 4 rings (SSSR count). The van der Waals surface area contributed by atoms with Gasteiger partial charge in [0.05, 0.1) is 18.7 Å². The molecule has 176 valence electrons. The van der Waals surface area contributed by atoms with Crippen molar-refractivity contribution in [2.24, 2.45) is 0 Å². The second-order valence-corrected chi connectivity index (χ2v) is 8.18. The highest BCUT2D eigenvalue weighted by Crippen LogP contribution is 2.37. The van der Waals surface area contributed by atoms with Crippen LogP contribution in [0, 0.1) is 0 Å². The first kappa shape index (κ1) is 23.1. The average molecular weight is 461 g/mol. The molecule has 0 radical (unpaired) electrons. The van der Waals surface area contributed by atoms with Gasteiger partial charge in [-0.15, -0.1) is 0 Å². The van der Waals surface area contributed by atoms with Crippen LogP contribution >= 0.6 is 0 Å². The predicted octanol–water partition coefficient (Wildman–Crippen LogP) is 4.15. The first-order chi connectivity index (χ1) is 16.6. The fourth-order valence-corrected chi connectivity index (χ4v) is 3.91. The molecule has 2 heterocycles. The third kappa shape index (κ3) is 6.48. The van der Waals surface area contributed by atoms with Crippen molar-refractivity contribution in [3.8, 4) is 5.75 Å². The van der Waals surface area contributed by atoms with Gasteiger partial charge < -0.3 is 25.4 Å². The third-order valence-electron chi connectivity index (χ3n) is 5.47. The summed E-state index contributed by atoms with van der Waals surface area (Å²) in [6, 6.07) is 21.1. The van der Waals surface area contributed by atoms with Crippen molar-refractivity contribution >= 4 is 29.1 Å². The molecule has 1 aromatic heterocycles. The van der Waals surface area contributed by atoms with Crippen LogP contribution in [0.4, 0.5) is 17.2 Å². The summed E-state index contributed by atoms with van der Waals surface area (Å²) in [5.74, 6) is 0.440. The van der Waals surface area contributed by atoms with E-state index in [4.69, 9.17) is 4.74 Å². The van der Waals surface area contributed by atoms with Gasteiger partial charge >= 0.3 is 5.97 Å². The molecule has 0 fully saturated rings. The number of aliphatic carboxylic acids is 1. The van der Waals surface area contributed by atoms with E-state index in [2.05, 4.69) is 20.5 Å². The van der Waals surface area contributed by atoms with E-state index in [0.717, 1.165) is 17.1 Å². The number of rotatable bonds is 10. The molecule has 3 aromatic rings.